The Morgan fingerprint density at radius 2 is 1.78 bits per heavy atom. The zero-order valence-corrected chi connectivity index (χ0v) is 21.1. The van der Waals surface area contributed by atoms with Crippen molar-refractivity contribution in [1.82, 2.24) is 24.7 Å². The van der Waals surface area contributed by atoms with Gasteiger partial charge >= 0.3 is 0 Å². The van der Waals surface area contributed by atoms with Crippen LogP contribution in [0.4, 0.5) is 14.5 Å². The summed E-state index contributed by atoms with van der Waals surface area (Å²) in [6.45, 7) is 5.91. The smallest absolute Gasteiger partial charge is 0.163 e. The minimum atomic E-state index is -0.643. The van der Waals surface area contributed by atoms with Gasteiger partial charge in [0.1, 0.15) is 18.0 Å². The summed E-state index contributed by atoms with van der Waals surface area (Å²) < 4.78 is 34.4. The van der Waals surface area contributed by atoms with Crippen LogP contribution in [0.25, 0.3) is 22.3 Å². The first-order chi connectivity index (χ1) is 18.1. The number of anilines is 1. The molecule has 0 atom stereocenters. The molecule has 2 aliphatic heterocycles. The van der Waals surface area contributed by atoms with Gasteiger partial charge in [-0.2, -0.15) is 5.10 Å². The lowest BCUT2D eigenvalue weighted by Crippen LogP contribution is -2.37. The molecule has 0 radical (unpaired) electrons. The number of benzene rings is 1. The van der Waals surface area contributed by atoms with Crippen LogP contribution >= 0.6 is 0 Å². The van der Waals surface area contributed by atoms with Crippen molar-refractivity contribution in [3.8, 4) is 11.3 Å². The Kier molecular flexibility index (Phi) is 7.99. The molecule has 0 amide bonds. The van der Waals surface area contributed by atoms with E-state index in [1.807, 2.05) is 36.1 Å². The number of aromatic nitrogens is 5. The second-order valence-corrected chi connectivity index (χ2v) is 9.54. The van der Waals surface area contributed by atoms with Crippen LogP contribution in [0.5, 0.6) is 0 Å². The number of hydrogen-bond acceptors (Lipinski definition) is 6. The molecule has 7 rings (SSSR count). The van der Waals surface area contributed by atoms with Crippen LogP contribution in [-0.4, -0.2) is 51.0 Å². The van der Waals surface area contributed by atoms with Crippen LogP contribution in [-0.2, 0) is 4.74 Å². The Morgan fingerprint density at radius 1 is 0.973 bits per heavy atom. The van der Waals surface area contributed by atoms with E-state index in [1.54, 1.807) is 0 Å². The summed E-state index contributed by atoms with van der Waals surface area (Å²) in [6, 6.07) is 8.15. The van der Waals surface area contributed by atoms with E-state index >= 15 is 0 Å². The number of hydrogen-bond donors (Lipinski definition) is 0. The van der Waals surface area contributed by atoms with Crippen LogP contribution in [0.15, 0.2) is 49.1 Å². The van der Waals surface area contributed by atoms with E-state index in [1.165, 1.54) is 50.6 Å². The van der Waals surface area contributed by atoms with E-state index < -0.39 is 11.6 Å². The van der Waals surface area contributed by atoms with E-state index in [0.29, 0.717) is 16.7 Å². The van der Waals surface area contributed by atoms with Crippen molar-refractivity contribution in [1.29, 1.82) is 0 Å². The van der Waals surface area contributed by atoms with E-state index in [2.05, 4.69) is 25.0 Å². The van der Waals surface area contributed by atoms with E-state index in [4.69, 9.17) is 4.74 Å². The van der Waals surface area contributed by atoms with Crippen molar-refractivity contribution in [3.05, 3.63) is 66.4 Å². The first kappa shape index (κ1) is 25.2. The lowest BCUT2D eigenvalue weighted by Gasteiger charge is -2.34. The number of pyridine rings is 1. The van der Waals surface area contributed by atoms with E-state index in [9.17, 15) is 8.78 Å². The fraction of sp³-hybridized carbons (Fsp3) is 0.429. The van der Waals surface area contributed by atoms with Crippen LogP contribution in [0.2, 0.25) is 0 Å². The Bertz CT molecular complexity index is 1310. The maximum absolute atomic E-state index is 14.1. The average Bonchev–Trinajstić information content (AvgIpc) is 3.59. The molecule has 1 saturated carbocycles. The topological polar surface area (TPSA) is 69.0 Å². The first-order valence-corrected chi connectivity index (χ1v) is 13.0. The molecule has 9 heteroatoms. The van der Waals surface area contributed by atoms with Gasteiger partial charge in [-0.15, -0.1) is 0 Å². The highest BCUT2D eigenvalue weighted by atomic mass is 19.1. The molecule has 0 spiro atoms. The lowest BCUT2D eigenvalue weighted by atomic mass is 10.1. The van der Waals surface area contributed by atoms with Crippen LogP contribution in [0, 0.1) is 18.6 Å². The van der Waals surface area contributed by atoms with Crippen molar-refractivity contribution in [3.63, 3.8) is 0 Å². The number of nitrogens with zero attached hydrogens (tertiary/aromatic N) is 6. The molecular weight excluding hydrogens is 474 g/mol. The SMILES string of the molecule is C1CCOCC1.Cc1nc2ncnc(-c3ccc(F)cc3F)c2cc1N1CCC1.c1cnn(C2CC2)c1. The maximum Gasteiger partial charge on any atom is 0.163 e. The molecule has 3 aromatic heterocycles. The second-order valence-electron chi connectivity index (χ2n) is 9.54. The predicted molar refractivity (Wildman–Crippen MR) is 139 cm³/mol. The number of rotatable bonds is 3. The highest BCUT2D eigenvalue weighted by Gasteiger charge is 2.23. The van der Waals surface area contributed by atoms with Gasteiger partial charge in [0, 0.05) is 55.7 Å². The highest BCUT2D eigenvalue weighted by Crippen LogP contribution is 2.34. The van der Waals surface area contributed by atoms with Gasteiger partial charge in [-0.05, 0) is 69.7 Å². The molecule has 5 heterocycles. The molecule has 4 aromatic rings. The number of halogens is 2. The fourth-order valence-corrected chi connectivity index (χ4v) is 4.36. The number of fused-ring (bicyclic) bond motifs is 1. The minimum absolute atomic E-state index is 0.249. The molecule has 0 N–H and O–H groups in total. The molecule has 1 aromatic carbocycles. The second kappa shape index (κ2) is 11.7. The maximum atomic E-state index is 14.1. The van der Waals surface area contributed by atoms with Gasteiger partial charge in [-0.25, -0.2) is 23.7 Å². The third-order valence-electron chi connectivity index (χ3n) is 6.69. The summed E-state index contributed by atoms with van der Waals surface area (Å²) >= 11 is 0. The molecule has 0 bridgehead atoms. The zero-order valence-electron chi connectivity index (χ0n) is 21.1. The predicted octanol–water partition coefficient (Wildman–Crippen LogP) is 5.89. The van der Waals surface area contributed by atoms with Gasteiger partial charge in [0.25, 0.3) is 0 Å². The quantitative estimate of drug-likeness (QED) is 0.345. The third-order valence-corrected chi connectivity index (χ3v) is 6.69. The lowest BCUT2D eigenvalue weighted by molar-refractivity contribution is 0.0968. The van der Waals surface area contributed by atoms with Crippen molar-refractivity contribution in [2.75, 3.05) is 31.2 Å². The van der Waals surface area contributed by atoms with Crippen molar-refractivity contribution < 1.29 is 13.5 Å². The molecule has 1 aliphatic carbocycles. The largest absolute Gasteiger partial charge is 0.381 e. The van der Waals surface area contributed by atoms with Gasteiger partial charge < -0.3 is 9.64 Å². The zero-order chi connectivity index (χ0) is 25.6. The van der Waals surface area contributed by atoms with Crippen LogP contribution in [0.3, 0.4) is 0 Å². The highest BCUT2D eigenvalue weighted by molar-refractivity contribution is 5.92. The van der Waals surface area contributed by atoms with E-state index in [-0.39, 0.29) is 5.56 Å². The van der Waals surface area contributed by atoms with Gasteiger partial charge in [0.05, 0.1) is 23.1 Å². The normalized spacial score (nSPS) is 16.8. The summed E-state index contributed by atoms with van der Waals surface area (Å²) in [6.07, 6.45) is 12.9. The molecule has 194 valence electrons. The third kappa shape index (κ3) is 6.28. The van der Waals surface area contributed by atoms with E-state index in [0.717, 1.165) is 56.2 Å². The molecule has 37 heavy (non-hydrogen) atoms. The number of aryl methyl sites for hydroxylation is 1. The summed E-state index contributed by atoms with van der Waals surface area (Å²) in [7, 11) is 0. The van der Waals surface area contributed by atoms with Crippen LogP contribution < -0.4 is 4.90 Å². The van der Waals surface area contributed by atoms with Crippen molar-refractivity contribution in [2.45, 2.75) is 51.5 Å². The molecule has 2 saturated heterocycles. The first-order valence-electron chi connectivity index (χ1n) is 13.0. The van der Waals surface area contributed by atoms with Gasteiger partial charge in [-0.1, -0.05) is 0 Å². The van der Waals surface area contributed by atoms with Gasteiger partial charge in [0.15, 0.2) is 5.65 Å². The van der Waals surface area contributed by atoms with Gasteiger partial charge in [-0.3, -0.25) is 4.68 Å². The average molecular weight is 507 g/mol. The molecule has 7 nitrogen and oxygen atoms in total. The summed E-state index contributed by atoms with van der Waals surface area (Å²) in [5.41, 5.74) is 3.10. The van der Waals surface area contributed by atoms with Gasteiger partial charge in [0.2, 0.25) is 0 Å². The van der Waals surface area contributed by atoms with Crippen molar-refractivity contribution >= 4 is 16.7 Å². The Hall–Kier alpha value is -3.46. The Morgan fingerprint density at radius 3 is 2.35 bits per heavy atom. The summed E-state index contributed by atoms with van der Waals surface area (Å²) in [5.74, 6) is -1.25. The molecule has 0 unspecified atom stereocenters. The number of ether oxygens (including phenoxy) is 1. The Labute approximate surface area is 215 Å². The molecule has 3 aliphatic rings. The fourth-order valence-electron chi connectivity index (χ4n) is 4.36. The summed E-state index contributed by atoms with van der Waals surface area (Å²) in [5, 5.41) is 4.77. The monoisotopic (exact) mass is 506 g/mol. The minimum Gasteiger partial charge on any atom is -0.381 e. The van der Waals surface area contributed by atoms with Crippen molar-refractivity contribution in [2.24, 2.45) is 0 Å². The summed E-state index contributed by atoms with van der Waals surface area (Å²) in [4.78, 5) is 15.1. The Balaban J connectivity index is 0.000000161. The van der Waals surface area contributed by atoms with Crippen LogP contribution in [0.1, 0.15) is 50.3 Å². The molecule has 3 fully saturated rings. The standard InChI is InChI=1S/C17H14F2N4.C6H8N2.C5H10O/c1-10-15(23-5-2-6-23)8-13-16(20-9-21-17(13)22-10)12-4-3-11(18)7-14(12)19;1-4-7-8(5-1)6-2-3-6;1-2-4-6-5-3-1/h3-4,7-9H,2,5-6H2,1H3;1,4-6H,2-3H2;1-5H2. The molecular formula is C28H32F2N6O.